The van der Waals surface area contributed by atoms with Crippen LogP contribution < -0.4 is 12.4 Å². The molecule has 1 rings (SSSR count). The summed E-state index contributed by atoms with van der Waals surface area (Å²) in [5, 5.41) is 0. The highest BCUT2D eigenvalue weighted by molar-refractivity contribution is 5.85. The van der Waals surface area contributed by atoms with Gasteiger partial charge in [-0.15, -0.1) is 0 Å². The molecular formula is C12H20ClNOSi. The van der Waals surface area contributed by atoms with Crippen LogP contribution in [-0.4, -0.2) is 35.8 Å². The smallest absolute Gasteiger partial charge is 0.381 e. The molecule has 0 heterocycles. The van der Waals surface area contributed by atoms with E-state index in [1.165, 1.54) is 11.1 Å². The van der Waals surface area contributed by atoms with E-state index >= 15 is 0 Å². The molecule has 0 atom stereocenters. The van der Waals surface area contributed by atoms with Crippen molar-refractivity contribution in [2.24, 2.45) is 0 Å². The summed E-state index contributed by atoms with van der Waals surface area (Å²) in [4.78, 5) is 0. The number of hydrogen-bond acceptors (Lipinski definition) is 1. The van der Waals surface area contributed by atoms with Gasteiger partial charge >= 0.3 is 10.1 Å². The Hall–Kier alpha value is -0.513. The number of halogens is 1. The van der Waals surface area contributed by atoms with Gasteiger partial charge in [-0.1, -0.05) is 31.2 Å². The molecule has 1 aromatic rings. The molecule has 0 aliphatic carbocycles. The Morgan fingerprint density at radius 2 is 1.38 bits per heavy atom. The molecule has 0 bridgehead atoms. The molecule has 0 aromatic heterocycles. The fourth-order valence-corrected chi connectivity index (χ4v) is 1.43. The quantitative estimate of drug-likeness (QED) is 0.500. The van der Waals surface area contributed by atoms with Crippen molar-refractivity contribution in [2.75, 3.05) is 21.1 Å². The summed E-state index contributed by atoms with van der Waals surface area (Å²) >= 11 is 0. The van der Waals surface area contributed by atoms with Crippen molar-refractivity contribution < 1.29 is 21.4 Å². The Balaban J connectivity index is 0. The average Bonchev–Trinajstić information content (AvgIpc) is 2.20. The average molecular weight is 258 g/mol. The predicted molar refractivity (Wildman–Crippen MR) is 64.0 cm³/mol. The van der Waals surface area contributed by atoms with E-state index in [4.69, 9.17) is 4.46 Å². The van der Waals surface area contributed by atoms with Crippen LogP contribution in [0.3, 0.4) is 0 Å². The normalized spacial score (nSPS) is 9.75. The van der Waals surface area contributed by atoms with E-state index in [1.54, 1.807) is 10.1 Å². The fraction of sp³-hybridized carbons (Fsp3) is 0.500. The van der Waals surface area contributed by atoms with Crippen LogP contribution in [0.15, 0.2) is 24.3 Å². The third kappa shape index (κ3) is 7.74. The monoisotopic (exact) mass is 257 g/mol. The fourth-order valence-electron chi connectivity index (χ4n) is 1.43. The van der Waals surface area contributed by atoms with Crippen LogP contribution in [0.1, 0.15) is 18.1 Å². The number of rotatable bonds is 3. The Morgan fingerprint density at radius 3 is 1.69 bits per heavy atom. The molecular weight excluding hydrogens is 238 g/mol. The molecule has 90 valence electrons. The van der Waals surface area contributed by atoms with Gasteiger partial charge < -0.3 is 21.4 Å². The van der Waals surface area contributed by atoms with Crippen molar-refractivity contribution in [3.05, 3.63) is 35.4 Å². The second kappa shape index (κ2) is 8.62. The topological polar surface area (TPSA) is 17.1 Å². The second-order valence-corrected chi connectivity index (χ2v) is 4.62. The van der Waals surface area contributed by atoms with Gasteiger partial charge in [0.1, 0.15) is 6.54 Å². The lowest BCUT2D eigenvalue weighted by molar-refractivity contribution is -0.884. The van der Waals surface area contributed by atoms with E-state index in [1.807, 2.05) is 0 Å². The highest BCUT2D eigenvalue weighted by Gasteiger charge is 2.07. The first-order chi connectivity index (χ1) is 7.01. The Bertz CT molecular complexity index is 282. The second-order valence-electron chi connectivity index (χ2n) is 4.62. The van der Waals surface area contributed by atoms with Gasteiger partial charge in [0, 0.05) is 5.56 Å². The molecule has 2 nitrogen and oxygen atoms in total. The third-order valence-corrected chi connectivity index (χ3v) is 2.09. The van der Waals surface area contributed by atoms with Gasteiger partial charge in [-0.25, -0.2) is 0 Å². The molecule has 16 heavy (non-hydrogen) atoms. The Morgan fingerprint density at radius 1 is 1.00 bits per heavy atom. The Kier molecular flexibility index (Phi) is 9.62. The largest absolute Gasteiger partial charge is 1.00 e. The number of benzene rings is 1. The molecule has 0 aliphatic rings. The standard InChI is InChI=1S/C12H20N.ClH.OSi/c1-5-11-6-8-12(9-7-11)10-13(2,3)4;;1-2/h6-9H,5,10H2,1-4H3;1H;/q+1;;/p-1. The van der Waals surface area contributed by atoms with Gasteiger partial charge in [-0.3, -0.25) is 0 Å². The van der Waals surface area contributed by atoms with Crippen LogP contribution >= 0.6 is 0 Å². The lowest BCUT2D eigenvalue weighted by Crippen LogP contribution is -3.00. The predicted octanol–water partition coefficient (Wildman–Crippen LogP) is -1.04. The lowest BCUT2D eigenvalue weighted by Gasteiger charge is -2.23. The molecule has 2 radical (unpaired) electrons. The molecule has 0 spiro atoms. The first-order valence-corrected chi connectivity index (χ1v) is 5.51. The van der Waals surface area contributed by atoms with Crippen LogP contribution in [0.2, 0.25) is 0 Å². The number of nitrogens with zero attached hydrogens (tertiary/aromatic N) is 1. The van der Waals surface area contributed by atoms with Crippen molar-refractivity contribution in [3.63, 3.8) is 0 Å². The van der Waals surface area contributed by atoms with Crippen LogP contribution in [0.4, 0.5) is 0 Å². The van der Waals surface area contributed by atoms with Crippen molar-refractivity contribution in [2.45, 2.75) is 19.9 Å². The molecule has 1 aromatic carbocycles. The van der Waals surface area contributed by atoms with Gasteiger partial charge in [0.15, 0.2) is 0 Å². The highest BCUT2D eigenvalue weighted by Crippen LogP contribution is 2.09. The number of quaternary nitrogens is 1. The zero-order valence-corrected chi connectivity index (χ0v) is 12.2. The molecule has 0 saturated carbocycles. The van der Waals surface area contributed by atoms with Crippen molar-refractivity contribution in [3.8, 4) is 0 Å². The molecule has 0 aliphatic heterocycles. The molecule has 0 N–H and O–H groups in total. The van der Waals surface area contributed by atoms with Crippen LogP contribution in [0.5, 0.6) is 0 Å². The Labute approximate surface area is 108 Å². The molecule has 0 fully saturated rings. The summed E-state index contributed by atoms with van der Waals surface area (Å²) in [7, 11) is 8.37. The van der Waals surface area contributed by atoms with E-state index in [-0.39, 0.29) is 12.4 Å². The zero-order chi connectivity index (χ0) is 11.9. The summed E-state index contributed by atoms with van der Waals surface area (Å²) in [6, 6.07) is 8.93. The van der Waals surface area contributed by atoms with Gasteiger partial charge in [0.25, 0.3) is 0 Å². The third-order valence-electron chi connectivity index (χ3n) is 2.09. The molecule has 0 saturated heterocycles. The first kappa shape index (κ1) is 17.9. The van der Waals surface area contributed by atoms with Gasteiger partial charge in [0.2, 0.25) is 0 Å². The number of aryl methyl sites for hydroxylation is 1. The van der Waals surface area contributed by atoms with Crippen molar-refractivity contribution >= 4 is 10.1 Å². The minimum Gasteiger partial charge on any atom is -1.00 e. The van der Waals surface area contributed by atoms with E-state index in [2.05, 4.69) is 52.3 Å². The lowest BCUT2D eigenvalue weighted by atomic mass is 10.1. The summed E-state index contributed by atoms with van der Waals surface area (Å²) < 4.78 is 9.05. The summed E-state index contributed by atoms with van der Waals surface area (Å²) in [6.45, 7) is 3.29. The maximum atomic E-state index is 8.06. The molecule has 4 heteroatoms. The van der Waals surface area contributed by atoms with Crippen LogP contribution in [-0.2, 0) is 17.4 Å². The summed E-state index contributed by atoms with van der Waals surface area (Å²) in [5.41, 5.74) is 2.84. The van der Waals surface area contributed by atoms with E-state index in [0.29, 0.717) is 0 Å². The zero-order valence-electron chi connectivity index (χ0n) is 10.5. The van der Waals surface area contributed by atoms with E-state index in [0.717, 1.165) is 17.4 Å². The summed E-state index contributed by atoms with van der Waals surface area (Å²) in [5.74, 6) is 0. The van der Waals surface area contributed by atoms with E-state index in [9.17, 15) is 0 Å². The van der Waals surface area contributed by atoms with Crippen molar-refractivity contribution in [1.29, 1.82) is 0 Å². The van der Waals surface area contributed by atoms with Crippen LogP contribution in [0.25, 0.3) is 0 Å². The number of hydrogen-bond donors (Lipinski definition) is 0. The minimum atomic E-state index is 0. The SMILES string of the molecule is CCc1ccc(C[N+](C)(C)C)cc1.O=[Si].[Cl-]. The maximum absolute atomic E-state index is 8.06. The maximum Gasteiger partial charge on any atom is 0.381 e. The molecule has 0 unspecified atom stereocenters. The van der Waals surface area contributed by atoms with Gasteiger partial charge in [-0.2, -0.15) is 0 Å². The van der Waals surface area contributed by atoms with E-state index < -0.39 is 0 Å². The van der Waals surface area contributed by atoms with Crippen LogP contribution in [0, 0.1) is 0 Å². The summed E-state index contributed by atoms with van der Waals surface area (Å²) in [6.07, 6.45) is 1.13. The highest BCUT2D eigenvalue weighted by atomic mass is 35.5. The van der Waals surface area contributed by atoms with Gasteiger partial charge in [-0.05, 0) is 12.0 Å². The van der Waals surface area contributed by atoms with Crippen molar-refractivity contribution in [1.82, 2.24) is 0 Å². The minimum absolute atomic E-state index is 0. The molecule has 0 amide bonds. The first-order valence-electron chi connectivity index (χ1n) is 5.10. The van der Waals surface area contributed by atoms with Gasteiger partial charge in [0.05, 0.1) is 21.1 Å².